The zero-order chi connectivity index (χ0) is 19.6. The van der Waals surface area contributed by atoms with Crippen molar-refractivity contribution in [3.8, 4) is 0 Å². The average molecular weight is 385 g/mol. The second kappa shape index (κ2) is 7.73. The molecular formula is C22H25ClN2O2. The fraction of sp³-hybridized carbons (Fsp3) is 0.364. The smallest absolute Gasteiger partial charge is 0.230 e. The molecule has 1 atom stereocenters. The Bertz CT molecular complexity index is 824. The number of carbonyl (C=O) groups is 2. The predicted molar refractivity (Wildman–Crippen MR) is 109 cm³/mol. The van der Waals surface area contributed by atoms with Crippen molar-refractivity contribution in [2.45, 2.75) is 45.1 Å². The summed E-state index contributed by atoms with van der Waals surface area (Å²) in [5, 5.41) is 6.65. The molecule has 5 heteroatoms. The third-order valence-electron chi connectivity index (χ3n) is 5.11. The SMILES string of the molecule is CC(NC(=O)C(C)(C)c1ccc(Cl)cc1)c1ccc(NC(=O)C2CC2)cc1. The Kier molecular flexibility index (Phi) is 5.56. The highest BCUT2D eigenvalue weighted by Crippen LogP contribution is 2.30. The molecule has 2 aromatic carbocycles. The average Bonchev–Trinajstić information content (AvgIpc) is 3.47. The molecule has 27 heavy (non-hydrogen) atoms. The fourth-order valence-corrected chi connectivity index (χ4v) is 3.03. The predicted octanol–water partition coefficient (Wildman–Crippen LogP) is 4.84. The Balaban J connectivity index is 1.63. The molecule has 1 aliphatic carbocycles. The van der Waals surface area contributed by atoms with E-state index in [2.05, 4.69) is 10.6 Å². The Morgan fingerprint density at radius 3 is 2.19 bits per heavy atom. The summed E-state index contributed by atoms with van der Waals surface area (Å²) in [7, 11) is 0. The first-order valence-corrected chi connectivity index (χ1v) is 9.63. The Morgan fingerprint density at radius 2 is 1.63 bits per heavy atom. The summed E-state index contributed by atoms with van der Waals surface area (Å²) in [6.07, 6.45) is 1.97. The van der Waals surface area contributed by atoms with E-state index in [1.807, 2.05) is 57.2 Å². The molecule has 1 unspecified atom stereocenters. The highest BCUT2D eigenvalue weighted by molar-refractivity contribution is 6.30. The summed E-state index contributed by atoms with van der Waals surface area (Å²) in [4.78, 5) is 24.7. The van der Waals surface area contributed by atoms with Gasteiger partial charge in [0.15, 0.2) is 0 Å². The molecule has 1 aliphatic rings. The number of halogens is 1. The number of hydrogen-bond acceptors (Lipinski definition) is 2. The first kappa shape index (κ1) is 19.4. The van der Waals surface area contributed by atoms with Gasteiger partial charge in [-0.1, -0.05) is 35.9 Å². The van der Waals surface area contributed by atoms with Crippen molar-refractivity contribution >= 4 is 29.1 Å². The lowest BCUT2D eigenvalue weighted by molar-refractivity contribution is -0.126. The van der Waals surface area contributed by atoms with Gasteiger partial charge in [-0.2, -0.15) is 0 Å². The van der Waals surface area contributed by atoms with Gasteiger partial charge < -0.3 is 10.6 Å². The van der Waals surface area contributed by atoms with Gasteiger partial charge in [0.1, 0.15) is 0 Å². The van der Waals surface area contributed by atoms with Crippen molar-refractivity contribution in [2.24, 2.45) is 5.92 Å². The van der Waals surface area contributed by atoms with Gasteiger partial charge in [-0.25, -0.2) is 0 Å². The van der Waals surface area contributed by atoms with Gasteiger partial charge in [0, 0.05) is 16.6 Å². The number of hydrogen-bond donors (Lipinski definition) is 2. The van der Waals surface area contributed by atoms with Crippen LogP contribution in [-0.4, -0.2) is 11.8 Å². The van der Waals surface area contributed by atoms with Crippen LogP contribution in [-0.2, 0) is 15.0 Å². The lowest BCUT2D eigenvalue weighted by Crippen LogP contribution is -2.41. The van der Waals surface area contributed by atoms with Crippen LogP contribution >= 0.6 is 11.6 Å². The van der Waals surface area contributed by atoms with Crippen LogP contribution in [0.1, 0.15) is 50.8 Å². The molecule has 0 bridgehead atoms. The zero-order valence-electron chi connectivity index (χ0n) is 15.9. The summed E-state index contributed by atoms with van der Waals surface area (Å²) in [6.45, 7) is 5.75. The molecule has 142 valence electrons. The van der Waals surface area contributed by atoms with E-state index in [0.717, 1.165) is 29.7 Å². The molecule has 3 rings (SSSR count). The topological polar surface area (TPSA) is 58.2 Å². The first-order chi connectivity index (χ1) is 12.8. The van der Waals surface area contributed by atoms with E-state index in [1.54, 1.807) is 12.1 Å². The number of benzene rings is 2. The van der Waals surface area contributed by atoms with E-state index < -0.39 is 5.41 Å². The van der Waals surface area contributed by atoms with Crippen LogP contribution in [0.25, 0.3) is 0 Å². The van der Waals surface area contributed by atoms with Crippen LogP contribution in [0.5, 0.6) is 0 Å². The molecule has 2 aromatic rings. The molecule has 1 saturated carbocycles. The summed E-state index contributed by atoms with van der Waals surface area (Å²) in [5.41, 5.74) is 2.02. The molecule has 0 aromatic heterocycles. The number of nitrogens with one attached hydrogen (secondary N) is 2. The molecule has 2 amide bonds. The van der Waals surface area contributed by atoms with Crippen molar-refractivity contribution in [2.75, 3.05) is 5.32 Å². The van der Waals surface area contributed by atoms with Gasteiger partial charge in [-0.05, 0) is 69.0 Å². The highest BCUT2D eigenvalue weighted by atomic mass is 35.5. The van der Waals surface area contributed by atoms with Crippen molar-refractivity contribution in [3.05, 3.63) is 64.7 Å². The van der Waals surface area contributed by atoms with E-state index in [4.69, 9.17) is 11.6 Å². The fourth-order valence-electron chi connectivity index (χ4n) is 2.90. The molecule has 4 nitrogen and oxygen atoms in total. The maximum absolute atomic E-state index is 12.8. The van der Waals surface area contributed by atoms with Crippen molar-refractivity contribution < 1.29 is 9.59 Å². The quantitative estimate of drug-likeness (QED) is 0.748. The standard InChI is InChI=1S/C22H25ClN2O2/c1-14(15-6-12-19(13-7-15)25-20(26)16-4-5-16)24-21(27)22(2,3)17-8-10-18(23)11-9-17/h6-14,16H,4-5H2,1-3H3,(H,24,27)(H,25,26). The summed E-state index contributed by atoms with van der Waals surface area (Å²) in [5.74, 6) is 0.218. The largest absolute Gasteiger partial charge is 0.349 e. The Morgan fingerprint density at radius 1 is 1.04 bits per heavy atom. The van der Waals surface area contributed by atoms with Crippen molar-refractivity contribution in [1.29, 1.82) is 0 Å². The number of anilines is 1. The molecule has 1 fully saturated rings. The van der Waals surface area contributed by atoms with E-state index in [0.29, 0.717) is 5.02 Å². The van der Waals surface area contributed by atoms with Crippen LogP contribution in [0.3, 0.4) is 0 Å². The van der Waals surface area contributed by atoms with Gasteiger partial charge >= 0.3 is 0 Å². The normalized spacial score (nSPS) is 15.1. The van der Waals surface area contributed by atoms with Gasteiger partial charge in [0.25, 0.3) is 0 Å². The minimum Gasteiger partial charge on any atom is -0.349 e. The summed E-state index contributed by atoms with van der Waals surface area (Å²) >= 11 is 5.94. The molecular weight excluding hydrogens is 360 g/mol. The highest BCUT2D eigenvalue weighted by Gasteiger charge is 2.31. The number of amides is 2. The minimum atomic E-state index is -0.670. The Hall–Kier alpha value is -2.33. The van der Waals surface area contributed by atoms with Crippen LogP contribution in [0.15, 0.2) is 48.5 Å². The van der Waals surface area contributed by atoms with Gasteiger partial charge in [-0.15, -0.1) is 0 Å². The number of rotatable bonds is 6. The first-order valence-electron chi connectivity index (χ1n) is 9.25. The van der Waals surface area contributed by atoms with Gasteiger partial charge in [0.05, 0.1) is 11.5 Å². The maximum Gasteiger partial charge on any atom is 0.230 e. The van der Waals surface area contributed by atoms with Crippen LogP contribution in [0, 0.1) is 5.92 Å². The van der Waals surface area contributed by atoms with E-state index in [9.17, 15) is 9.59 Å². The van der Waals surface area contributed by atoms with Crippen LogP contribution in [0.2, 0.25) is 5.02 Å². The van der Waals surface area contributed by atoms with Crippen LogP contribution in [0.4, 0.5) is 5.69 Å². The third-order valence-corrected chi connectivity index (χ3v) is 5.36. The third kappa shape index (κ3) is 4.69. The second-order valence-electron chi connectivity index (χ2n) is 7.71. The van der Waals surface area contributed by atoms with Crippen molar-refractivity contribution in [3.63, 3.8) is 0 Å². The zero-order valence-corrected chi connectivity index (χ0v) is 16.6. The minimum absolute atomic E-state index is 0.0524. The molecule has 2 N–H and O–H groups in total. The van der Waals surface area contributed by atoms with E-state index in [-0.39, 0.29) is 23.8 Å². The lowest BCUT2D eigenvalue weighted by atomic mass is 9.83. The summed E-state index contributed by atoms with van der Waals surface area (Å²) < 4.78 is 0. The van der Waals surface area contributed by atoms with Gasteiger partial charge in [0.2, 0.25) is 11.8 Å². The van der Waals surface area contributed by atoms with Gasteiger partial charge in [-0.3, -0.25) is 9.59 Å². The summed E-state index contributed by atoms with van der Waals surface area (Å²) in [6, 6.07) is 14.8. The lowest BCUT2D eigenvalue weighted by Gasteiger charge is -2.27. The molecule has 0 aliphatic heterocycles. The van der Waals surface area contributed by atoms with Crippen molar-refractivity contribution in [1.82, 2.24) is 5.32 Å². The molecule has 0 saturated heterocycles. The maximum atomic E-state index is 12.8. The number of carbonyl (C=O) groups excluding carboxylic acids is 2. The Labute approximate surface area is 165 Å². The van der Waals surface area contributed by atoms with E-state index in [1.165, 1.54) is 0 Å². The van der Waals surface area contributed by atoms with E-state index >= 15 is 0 Å². The monoisotopic (exact) mass is 384 g/mol. The van der Waals surface area contributed by atoms with Crippen LogP contribution < -0.4 is 10.6 Å². The second-order valence-corrected chi connectivity index (χ2v) is 8.15. The molecule has 0 spiro atoms. The molecule has 0 heterocycles. The molecule has 0 radical (unpaired) electrons.